The zero-order valence-corrected chi connectivity index (χ0v) is 12.8. The van der Waals surface area contributed by atoms with Crippen LogP contribution >= 0.6 is 0 Å². The van der Waals surface area contributed by atoms with E-state index in [9.17, 15) is 9.59 Å². The topological polar surface area (TPSA) is 87.5 Å². The highest BCUT2D eigenvalue weighted by Crippen LogP contribution is 2.14. The summed E-state index contributed by atoms with van der Waals surface area (Å²) in [5.74, 6) is 0.663. The number of nitrogens with zero attached hydrogens (tertiary/aromatic N) is 1. The van der Waals surface area contributed by atoms with Crippen LogP contribution in [0.15, 0.2) is 0 Å². The van der Waals surface area contributed by atoms with Gasteiger partial charge in [0.05, 0.1) is 6.54 Å². The number of hydrogen-bond donors (Lipinski definition) is 3. The van der Waals surface area contributed by atoms with Crippen LogP contribution in [-0.4, -0.2) is 49.1 Å². The van der Waals surface area contributed by atoms with Gasteiger partial charge in [-0.15, -0.1) is 0 Å². The fraction of sp³-hybridized carbons (Fsp3) is 0.857. The maximum Gasteiger partial charge on any atom is 0.321 e. The Labute approximate surface area is 121 Å². The lowest BCUT2D eigenvalue weighted by Gasteiger charge is -2.34. The van der Waals surface area contributed by atoms with Crippen molar-refractivity contribution in [3.8, 4) is 0 Å². The molecule has 116 valence electrons. The molecule has 1 aliphatic heterocycles. The molecule has 2 atom stereocenters. The van der Waals surface area contributed by atoms with Gasteiger partial charge in [0, 0.05) is 25.7 Å². The van der Waals surface area contributed by atoms with Gasteiger partial charge in [-0.3, -0.25) is 15.0 Å². The summed E-state index contributed by atoms with van der Waals surface area (Å²) in [5.41, 5.74) is 5.94. The van der Waals surface area contributed by atoms with Crippen LogP contribution in [-0.2, 0) is 4.79 Å². The van der Waals surface area contributed by atoms with Gasteiger partial charge in [-0.2, -0.15) is 0 Å². The maximum atomic E-state index is 11.8. The molecule has 0 aromatic heterocycles. The molecule has 1 fully saturated rings. The van der Waals surface area contributed by atoms with Gasteiger partial charge in [0.15, 0.2) is 0 Å². The Hall–Kier alpha value is -1.14. The van der Waals surface area contributed by atoms with Crippen molar-refractivity contribution in [1.82, 2.24) is 15.5 Å². The molecule has 0 aromatic carbocycles. The van der Waals surface area contributed by atoms with Crippen LogP contribution in [0, 0.1) is 11.8 Å². The van der Waals surface area contributed by atoms with E-state index in [2.05, 4.69) is 31.4 Å². The van der Waals surface area contributed by atoms with Gasteiger partial charge in [0.1, 0.15) is 0 Å². The van der Waals surface area contributed by atoms with Gasteiger partial charge in [-0.1, -0.05) is 20.8 Å². The quantitative estimate of drug-likeness (QED) is 0.687. The molecule has 1 rings (SSSR count). The highest BCUT2D eigenvalue weighted by Gasteiger charge is 2.24. The number of imide groups is 1. The lowest BCUT2D eigenvalue weighted by molar-refractivity contribution is -0.121. The van der Waals surface area contributed by atoms with Crippen molar-refractivity contribution < 1.29 is 9.59 Å². The summed E-state index contributed by atoms with van der Waals surface area (Å²) in [6.45, 7) is 8.74. The lowest BCUT2D eigenvalue weighted by atomic mass is 9.95. The molecule has 20 heavy (non-hydrogen) atoms. The van der Waals surface area contributed by atoms with Crippen molar-refractivity contribution in [2.75, 3.05) is 26.2 Å². The van der Waals surface area contributed by atoms with E-state index in [-0.39, 0.29) is 18.5 Å². The smallest absolute Gasteiger partial charge is 0.321 e. The Morgan fingerprint density at radius 2 is 2.10 bits per heavy atom. The predicted molar refractivity (Wildman–Crippen MR) is 79.2 cm³/mol. The molecule has 0 bridgehead atoms. The summed E-state index contributed by atoms with van der Waals surface area (Å²) in [4.78, 5) is 25.3. The third-order valence-corrected chi connectivity index (χ3v) is 3.68. The van der Waals surface area contributed by atoms with Crippen LogP contribution in [0.1, 0.15) is 33.6 Å². The van der Waals surface area contributed by atoms with Crippen LogP contribution < -0.4 is 16.4 Å². The average Bonchev–Trinajstić information content (AvgIpc) is 2.33. The zero-order valence-electron chi connectivity index (χ0n) is 12.8. The van der Waals surface area contributed by atoms with Crippen molar-refractivity contribution in [1.29, 1.82) is 0 Å². The number of amides is 3. The molecule has 1 saturated heterocycles. The molecule has 4 N–H and O–H groups in total. The second-order valence-corrected chi connectivity index (χ2v) is 6.15. The van der Waals surface area contributed by atoms with Gasteiger partial charge in [0.2, 0.25) is 5.91 Å². The highest BCUT2D eigenvalue weighted by atomic mass is 16.2. The molecule has 0 aliphatic carbocycles. The number of carbonyl (C=O) groups is 2. The zero-order chi connectivity index (χ0) is 15.1. The van der Waals surface area contributed by atoms with Gasteiger partial charge >= 0.3 is 6.03 Å². The monoisotopic (exact) mass is 284 g/mol. The van der Waals surface area contributed by atoms with Crippen LogP contribution in [0.3, 0.4) is 0 Å². The molecule has 6 heteroatoms. The summed E-state index contributed by atoms with van der Waals surface area (Å²) in [5, 5.41) is 5.05. The molecule has 6 nitrogen and oxygen atoms in total. The fourth-order valence-corrected chi connectivity index (χ4v) is 2.28. The number of hydrogen-bond acceptors (Lipinski definition) is 4. The Morgan fingerprint density at radius 1 is 1.40 bits per heavy atom. The van der Waals surface area contributed by atoms with E-state index in [4.69, 9.17) is 5.73 Å². The summed E-state index contributed by atoms with van der Waals surface area (Å²) in [7, 11) is 0. The minimum atomic E-state index is -0.405. The van der Waals surface area contributed by atoms with Crippen LogP contribution in [0.4, 0.5) is 4.79 Å². The van der Waals surface area contributed by atoms with Crippen molar-refractivity contribution in [3.63, 3.8) is 0 Å². The first-order valence-electron chi connectivity index (χ1n) is 7.44. The third-order valence-electron chi connectivity index (χ3n) is 3.68. The van der Waals surface area contributed by atoms with E-state index in [0.717, 1.165) is 25.9 Å². The number of carbonyl (C=O) groups excluding carboxylic acids is 2. The van der Waals surface area contributed by atoms with Crippen molar-refractivity contribution in [2.45, 2.75) is 39.7 Å². The van der Waals surface area contributed by atoms with Crippen molar-refractivity contribution >= 4 is 11.9 Å². The number of nitrogens with one attached hydrogen (secondary N) is 2. The molecule has 1 aliphatic rings. The molecule has 0 saturated carbocycles. The number of urea groups is 1. The Morgan fingerprint density at radius 3 is 2.70 bits per heavy atom. The van der Waals surface area contributed by atoms with E-state index >= 15 is 0 Å². The number of piperidine rings is 1. The normalized spacial score (nSPS) is 23.6. The number of likely N-dealkylation sites (tertiary alicyclic amines) is 1. The Kier molecular flexibility index (Phi) is 6.95. The van der Waals surface area contributed by atoms with E-state index in [1.807, 2.05) is 4.90 Å². The van der Waals surface area contributed by atoms with E-state index in [1.54, 1.807) is 0 Å². The second-order valence-electron chi connectivity index (χ2n) is 6.15. The third kappa shape index (κ3) is 6.34. The Balaban J connectivity index is 2.21. The molecule has 3 amide bonds. The van der Waals surface area contributed by atoms with Gasteiger partial charge in [0.25, 0.3) is 0 Å². The van der Waals surface area contributed by atoms with Crippen molar-refractivity contribution in [2.24, 2.45) is 17.6 Å². The largest absolute Gasteiger partial charge is 0.338 e. The standard InChI is InChI=1S/C14H28N4O2/c1-10(2)4-6-16-14(20)17-13(19)9-18-7-5-12(15)11(3)8-18/h10-12H,4-9,15H2,1-3H3,(H2,16,17,19,20). The van der Waals surface area contributed by atoms with E-state index in [0.29, 0.717) is 18.4 Å². The van der Waals surface area contributed by atoms with Gasteiger partial charge in [-0.05, 0) is 24.7 Å². The second kappa shape index (κ2) is 8.21. The first-order chi connectivity index (χ1) is 9.38. The SMILES string of the molecule is CC(C)CCNC(=O)NC(=O)CN1CCC(N)C(C)C1. The van der Waals surface area contributed by atoms with Crippen molar-refractivity contribution in [3.05, 3.63) is 0 Å². The van der Waals surface area contributed by atoms with Gasteiger partial charge in [-0.25, -0.2) is 4.79 Å². The lowest BCUT2D eigenvalue weighted by Crippen LogP contribution is -2.50. The van der Waals surface area contributed by atoms with E-state index < -0.39 is 6.03 Å². The molecule has 0 spiro atoms. The van der Waals surface area contributed by atoms with E-state index in [1.165, 1.54) is 0 Å². The molecular formula is C14H28N4O2. The molecule has 0 aromatic rings. The number of rotatable bonds is 5. The summed E-state index contributed by atoms with van der Waals surface area (Å²) in [6, 6.07) is -0.189. The summed E-state index contributed by atoms with van der Waals surface area (Å²) < 4.78 is 0. The minimum Gasteiger partial charge on any atom is -0.338 e. The number of nitrogens with two attached hydrogens (primary N) is 1. The molecule has 0 radical (unpaired) electrons. The highest BCUT2D eigenvalue weighted by molar-refractivity contribution is 5.95. The average molecular weight is 284 g/mol. The summed E-state index contributed by atoms with van der Waals surface area (Å²) in [6.07, 6.45) is 1.80. The Bertz CT molecular complexity index is 333. The molecular weight excluding hydrogens is 256 g/mol. The first kappa shape index (κ1) is 16.9. The van der Waals surface area contributed by atoms with Crippen LogP contribution in [0.25, 0.3) is 0 Å². The first-order valence-corrected chi connectivity index (χ1v) is 7.44. The van der Waals surface area contributed by atoms with Gasteiger partial charge < -0.3 is 11.1 Å². The van der Waals surface area contributed by atoms with Crippen LogP contribution in [0.2, 0.25) is 0 Å². The fourth-order valence-electron chi connectivity index (χ4n) is 2.28. The molecule has 2 unspecified atom stereocenters. The summed E-state index contributed by atoms with van der Waals surface area (Å²) >= 11 is 0. The maximum absolute atomic E-state index is 11.8. The molecule has 1 heterocycles. The van der Waals surface area contributed by atoms with Crippen LogP contribution in [0.5, 0.6) is 0 Å². The predicted octanol–water partition coefficient (Wildman–Crippen LogP) is 0.527. The minimum absolute atomic E-state index is 0.216.